The predicted octanol–water partition coefficient (Wildman–Crippen LogP) is 1.96. The highest BCUT2D eigenvalue weighted by molar-refractivity contribution is 6.46. The molecule has 39 heavy (non-hydrogen) atoms. The first kappa shape index (κ1) is 28.6. The van der Waals surface area contributed by atoms with Crippen molar-refractivity contribution in [2.24, 2.45) is 5.92 Å². The van der Waals surface area contributed by atoms with Crippen molar-refractivity contribution in [3.05, 3.63) is 64.7 Å². The molecule has 2 fully saturated rings. The van der Waals surface area contributed by atoms with E-state index in [0.717, 1.165) is 39.3 Å². The van der Waals surface area contributed by atoms with Crippen LogP contribution in [0.4, 0.5) is 0 Å². The molecule has 2 aliphatic heterocycles. The van der Waals surface area contributed by atoms with Crippen LogP contribution in [-0.4, -0.2) is 69.2 Å². The van der Waals surface area contributed by atoms with Crippen LogP contribution in [0.1, 0.15) is 49.9 Å². The molecule has 0 radical (unpaired) electrons. The summed E-state index contributed by atoms with van der Waals surface area (Å²) in [4.78, 5) is 29.7. The molecule has 1 amide bonds. The van der Waals surface area contributed by atoms with Crippen LogP contribution < -0.4 is 19.5 Å². The molecule has 0 spiro atoms. The molecular formula is C31H40N2O6. The second-order valence-corrected chi connectivity index (χ2v) is 10.6. The van der Waals surface area contributed by atoms with Crippen LogP contribution in [0.3, 0.4) is 0 Å². The smallest absolute Gasteiger partial charge is 0.295 e. The van der Waals surface area contributed by atoms with E-state index in [1.54, 1.807) is 17.0 Å². The van der Waals surface area contributed by atoms with Crippen molar-refractivity contribution in [2.75, 3.05) is 52.6 Å². The Hall–Kier alpha value is -3.36. The zero-order valence-corrected chi connectivity index (χ0v) is 23.5. The Labute approximate surface area is 231 Å². The maximum atomic E-state index is 13.9. The Morgan fingerprint density at radius 2 is 1.77 bits per heavy atom. The summed E-state index contributed by atoms with van der Waals surface area (Å²) in [7, 11) is 0. The molecule has 2 saturated heterocycles. The lowest BCUT2D eigenvalue weighted by molar-refractivity contribution is -0.908. The van der Waals surface area contributed by atoms with Crippen molar-refractivity contribution in [3.63, 3.8) is 0 Å². The fraction of sp³-hybridized carbons (Fsp3) is 0.484. The second kappa shape index (κ2) is 13.1. The average Bonchev–Trinajstić information content (AvgIpc) is 3.18. The minimum Gasteiger partial charge on any atom is -0.872 e. The van der Waals surface area contributed by atoms with Crippen LogP contribution in [0.15, 0.2) is 48.0 Å². The van der Waals surface area contributed by atoms with Crippen LogP contribution in [0.25, 0.3) is 5.76 Å². The van der Waals surface area contributed by atoms with Gasteiger partial charge in [-0.1, -0.05) is 37.8 Å². The maximum Gasteiger partial charge on any atom is 0.295 e. The molecule has 0 saturated carbocycles. The Kier molecular flexibility index (Phi) is 9.64. The number of aryl methyl sites for hydroxylation is 1. The van der Waals surface area contributed by atoms with E-state index in [4.69, 9.17) is 14.2 Å². The van der Waals surface area contributed by atoms with Crippen LogP contribution >= 0.6 is 0 Å². The van der Waals surface area contributed by atoms with Crippen LogP contribution in [-0.2, 0) is 14.3 Å². The number of ether oxygens (including phenoxy) is 3. The Morgan fingerprint density at radius 1 is 1.08 bits per heavy atom. The van der Waals surface area contributed by atoms with E-state index in [1.165, 1.54) is 4.90 Å². The summed E-state index contributed by atoms with van der Waals surface area (Å²) in [5.41, 5.74) is 1.82. The number of nitrogens with one attached hydrogen (secondary N) is 1. The summed E-state index contributed by atoms with van der Waals surface area (Å²) in [5.74, 6) is -0.0238. The van der Waals surface area contributed by atoms with Crippen LogP contribution in [0.5, 0.6) is 11.5 Å². The Bertz CT molecular complexity index is 1180. The molecule has 8 heteroatoms. The number of nitrogens with zero attached hydrogens (tertiary/aromatic N) is 1. The lowest BCUT2D eigenvalue weighted by Gasteiger charge is -2.29. The molecule has 0 bridgehead atoms. The van der Waals surface area contributed by atoms with Gasteiger partial charge < -0.3 is 29.1 Å². The summed E-state index contributed by atoms with van der Waals surface area (Å²) < 4.78 is 16.8. The number of amides is 1. The molecule has 2 aliphatic rings. The molecule has 1 atom stereocenters. The molecule has 2 aromatic carbocycles. The normalized spacial score (nSPS) is 19.6. The SMILES string of the molecule is CCOc1ccc(C2/C(=C(\[O-])c3ccc(OCC(C)C)cc3C)C(=O)C(=O)N2CCC[NH+]2CCOCC2)cc1. The van der Waals surface area contributed by atoms with Crippen molar-refractivity contribution < 1.29 is 33.8 Å². The van der Waals surface area contributed by atoms with Gasteiger partial charge in [0.1, 0.15) is 24.6 Å². The standard InChI is InChI=1S/C31H40N2O6/c1-5-38-24-9-7-23(8-10-24)28-27(29(34)26-12-11-25(19-22(26)4)39-20-21(2)3)30(35)31(36)33(28)14-6-13-32-15-17-37-18-16-32/h7-12,19,21,28,34H,5-6,13-18,20H2,1-4H3/b29-27+. The number of carbonyl (C=O) groups excluding carboxylic acids is 2. The van der Waals surface area contributed by atoms with Gasteiger partial charge in [-0.3, -0.25) is 9.59 Å². The highest BCUT2D eigenvalue weighted by Crippen LogP contribution is 2.40. The van der Waals surface area contributed by atoms with Gasteiger partial charge in [0.25, 0.3) is 5.91 Å². The molecule has 2 aromatic rings. The van der Waals surface area contributed by atoms with Gasteiger partial charge in [0.15, 0.2) is 0 Å². The van der Waals surface area contributed by atoms with Crippen molar-refractivity contribution in [1.29, 1.82) is 0 Å². The number of likely N-dealkylation sites (tertiary alicyclic amines) is 1. The van der Waals surface area contributed by atoms with Gasteiger partial charge in [-0.15, -0.1) is 0 Å². The number of hydrogen-bond donors (Lipinski definition) is 1. The fourth-order valence-electron chi connectivity index (χ4n) is 5.16. The van der Waals surface area contributed by atoms with Gasteiger partial charge in [-0.05, 0) is 60.7 Å². The number of Topliss-reactive ketones (excluding diaryl/α,β-unsaturated/α-hetero) is 1. The minimum absolute atomic E-state index is 0.00169. The zero-order chi connectivity index (χ0) is 27.9. The van der Waals surface area contributed by atoms with Crippen LogP contribution in [0, 0.1) is 12.8 Å². The topological polar surface area (TPSA) is 92.6 Å². The molecule has 210 valence electrons. The largest absolute Gasteiger partial charge is 0.872 e. The van der Waals surface area contributed by atoms with E-state index in [-0.39, 0.29) is 5.57 Å². The number of hydrogen-bond acceptors (Lipinski definition) is 6. The number of quaternary nitrogens is 1. The van der Waals surface area contributed by atoms with E-state index >= 15 is 0 Å². The molecule has 8 nitrogen and oxygen atoms in total. The number of ketones is 1. The molecule has 0 aromatic heterocycles. The van der Waals surface area contributed by atoms with Gasteiger partial charge in [0, 0.05) is 18.5 Å². The Morgan fingerprint density at radius 3 is 2.41 bits per heavy atom. The number of rotatable bonds is 11. The number of benzene rings is 2. The lowest BCUT2D eigenvalue weighted by atomic mass is 9.93. The molecule has 4 rings (SSSR count). The number of carbonyl (C=O) groups is 2. The molecule has 2 heterocycles. The van der Waals surface area contributed by atoms with E-state index in [0.29, 0.717) is 53.9 Å². The first-order chi connectivity index (χ1) is 18.8. The van der Waals surface area contributed by atoms with E-state index < -0.39 is 23.5 Å². The van der Waals surface area contributed by atoms with E-state index in [9.17, 15) is 14.7 Å². The van der Waals surface area contributed by atoms with Crippen LogP contribution in [0.2, 0.25) is 0 Å². The van der Waals surface area contributed by atoms with Gasteiger partial charge in [-0.2, -0.15) is 0 Å². The van der Waals surface area contributed by atoms with Crippen molar-refractivity contribution in [2.45, 2.75) is 40.2 Å². The second-order valence-electron chi connectivity index (χ2n) is 10.6. The molecule has 0 aliphatic carbocycles. The monoisotopic (exact) mass is 536 g/mol. The highest BCUT2D eigenvalue weighted by atomic mass is 16.5. The van der Waals surface area contributed by atoms with Crippen molar-refractivity contribution >= 4 is 17.4 Å². The maximum absolute atomic E-state index is 13.9. The summed E-state index contributed by atoms with van der Waals surface area (Å²) in [6.45, 7) is 13.6. The summed E-state index contributed by atoms with van der Waals surface area (Å²) in [6, 6.07) is 11.8. The Balaban J connectivity index is 1.66. The first-order valence-electron chi connectivity index (χ1n) is 13.9. The molecular weight excluding hydrogens is 496 g/mol. The van der Waals surface area contributed by atoms with Crippen molar-refractivity contribution in [3.8, 4) is 11.5 Å². The summed E-state index contributed by atoms with van der Waals surface area (Å²) in [6.07, 6.45) is 0.726. The third-order valence-electron chi connectivity index (χ3n) is 7.19. The summed E-state index contributed by atoms with van der Waals surface area (Å²) in [5, 5.41) is 13.9. The molecule has 1 N–H and O–H groups in total. The first-order valence-corrected chi connectivity index (χ1v) is 13.9. The van der Waals surface area contributed by atoms with Gasteiger partial charge in [-0.25, -0.2) is 0 Å². The van der Waals surface area contributed by atoms with E-state index in [1.807, 2.05) is 44.2 Å². The number of morpholine rings is 1. The highest BCUT2D eigenvalue weighted by Gasteiger charge is 2.44. The average molecular weight is 537 g/mol. The summed E-state index contributed by atoms with van der Waals surface area (Å²) >= 11 is 0. The van der Waals surface area contributed by atoms with Crippen molar-refractivity contribution in [1.82, 2.24) is 4.90 Å². The quantitative estimate of drug-likeness (QED) is 0.268. The predicted molar refractivity (Wildman–Crippen MR) is 147 cm³/mol. The van der Waals surface area contributed by atoms with E-state index in [2.05, 4.69) is 13.8 Å². The zero-order valence-electron chi connectivity index (χ0n) is 23.5. The van der Waals surface area contributed by atoms with Gasteiger partial charge in [0.2, 0.25) is 5.78 Å². The molecule has 1 unspecified atom stereocenters. The van der Waals surface area contributed by atoms with Gasteiger partial charge >= 0.3 is 0 Å². The lowest BCUT2D eigenvalue weighted by Crippen LogP contribution is -3.14. The van der Waals surface area contributed by atoms with Gasteiger partial charge in [0.05, 0.1) is 39.0 Å². The third-order valence-corrected chi connectivity index (χ3v) is 7.19. The fourth-order valence-corrected chi connectivity index (χ4v) is 5.16. The minimum atomic E-state index is -0.746. The third kappa shape index (κ3) is 6.81.